The van der Waals surface area contributed by atoms with Gasteiger partial charge in [0.15, 0.2) is 0 Å². The van der Waals surface area contributed by atoms with Gasteiger partial charge in [0.05, 0.1) is 23.9 Å². The van der Waals surface area contributed by atoms with E-state index in [2.05, 4.69) is 16.7 Å². The van der Waals surface area contributed by atoms with E-state index in [1.807, 2.05) is 93.6 Å². The highest BCUT2D eigenvalue weighted by Crippen LogP contribution is 2.38. The van der Waals surface area contributed by atoms with Crippen LogP contribution >= 0.6 is 0 Å². The SMILES string of the molecule is CCN1C(=O)N[C@H](c2ccc(C)cc2C)C2=C1CN([C@H](Cc1ccccc1)C(=O)NCc1ccccc1)C2=O. The largest absolute Gasteiger partial charge is 0.350 e. The summed E-state index contributed by atoms with van der Waals surface area (Å²) in [7, 11) is 0. The monoisotopic (exact) mass is 522 g/mol. The van der Waals surface area contributed by atoms with Crippen molar-refractivity contribution in [2.24, 2.45) is 0 Å². The number of rotatable bonds is 8. The van der Waals surface area contributed by atoms with E-state index in [4.69, 9.17) is 0 Å². The van der Waals surface area contributed by atoms with Crippen LogP contribution in [-0.4, -0.2) is 46.8 Å². The van der Waals surface area contributed by atoms with Gasteiger partial charge in [-0.1, -0.05) is 84.4 Å². The van der Waals surface area contributed by atoms with Crippen molar-refractivity contribution >= 4 is 17.8 Å². The Bertz CT molecular complexity index is 1420. The first-order valence-electron chi connectivity index (χ1n) is 13.4. The zero-order valence-corrected chi connectivity index (χ0v) is 22.6. The van der Waals surface area contributed by atoms with Crippen molar-refractivity contribution in [3.63, 3.8) is 0 Å². The summed E-state index contributed by atoms with van der Waals surface area (Å²) in [4.78, 5) is 44.3. The molecular weight excluding hydrogens is 488 g/mol. The zero-order chi connectivity index (χ0) is 27.5. The van der Waals surface area contributed by atoms with Crippen LogP contribution in [0.15, 0.2) is 90.1 Å². The standard InChI is InChI=1S/C32H34N4O3/c1-4-35-27-20-36(31(38)28(27)29(34-32(35)39)25-16-15-21(2)17-22(25)3)26(18-23-11-7-5-8-12-23)30(37)33-19-24-13-9-6-10-14-24/h5-17,26,29H,4,18-20H2,1-3H3,(H,33,37)(H,34,39)/t26-,29-/m1/s1. The average Bonchev–Trinajstić information content (AvgIpc) is 3.27. The summed E-state index contributed by atoms with van der Waals surface area (Å²) >= 11 is 0. The van der Waals surface area contributed by atoms with Gasteiger partial charge in [0.1, 0.15) is 6.04 Å². The number of carbonyl (C=O) groups excluding carboxylic acids is 3. The maximum Gasteiger partial charge on any atom is 0.322 e. The van der Waals surface area contributed by atoms with E-state index < -0.39 is 12.1 Å². The highest BCUT2D eigenvalue weighted by molar-refractivity contribution is 6.03. The van der Waals surface area contributed by atoms with Crippen molar-refractivity contribution in [3.8, 4) is 0 Å². The molecular formula is C32H34N4O3. The van der Waals surface area contributed by atoms with Crippen molar-refractivity contribution < 1.29 is 14.4 Å². The summed E-state index contributed by atoms with van der Waals surface area (Å²) in [5, 5.41) is 6.10. The summed E-state index contributed by atoms with van der Waals surface area (Å²) < 4.78 is 0. The second-order valence-electron chi connectivity index (χ2n) is 10.2. The van der Waals surface area contributed by atoms with Crippen LogP contribution < -0.4 is 10.6 Å². The molecule has 2 aliphatic heterocycles. The minimum Gasteiger partial charge on any atom is -0.350 e. The normalized spacial score (nSPS) is 17.7. The summed E-state index contributed by atoms with van der Waals surface area (Å²) in [6, 6.07) is 23.9. The molecule has 0 saturated heterocycles. The third-order valence-corrected chi connectivity index (χ3v) is 7.56. The number of nitrogens with zero attached hydrogens (tertiary/aromatic N) is 2. The minimum atomic E-state index is -0.734. The molecule has 39 heavy (non-hydrogen) atoms. The number of carbonyl (C=O) groups is 3. The molecule has 0 aromatic heterocycles. The maximum atomic E-state index is 14.2. The molecule has 5 rings (SSSR count). The van der Waals surface area contributed by atoms with E-state index >= 15 is 0 Å². The van der Waals surface area contributed by atoms with E-state index in [1.165, 1.54) is 0 Å². The lowest BCUT2D eigenvalue weighted by molar-refractivity contribution is -0.136. The Labute approximate surface area is 229 Å². The van der Waals surface area contributed by atoms with Gasteiger partial charge in [-0.05, 0) is 43.0 Å². The van der Waals surface area contributed by atoms with Gasteiger partial charge in [0.2, 0.25) is 5.91 Å². The van der Waals surface area contributed by atoms with Crippen LogP contribution in [0.3, 0.4) is 0 Å². The number of benzene rings is 3. The Hall–Kier alpha value is -4.39. The molecule has 2 heterocycles. The number of nitrogens with one attached hydrogen (secondary N) is 2. The van der Waals surface area contributed by atoms with Crippen LogP contribution in [0.1, 0.15) is 40.8 Å². The van der Waals surface area contributed by atoms with Gasteiger partial charge in [0, 0.05) is 19.5 Å². The molecule has 2 atom stereocenters. The number of aryl methyl sites for hydroxylation is 2. The van der Waals surface area contributed by atoms with E-state index in [9.17, 15) is 14.4 Å². The second-order valence-corrected chi connectivity index (χ2v) is 10.2. The number of likely N-dealkylation sites (N-methyl/N-ethyl adjacent to an activating group) is 1. The van der Waals surface area contributed by atoms with Crippen LogP contribution in [0.5, 0.6) is 0 Å². The molecule has 0 unspecified atom stereocenters. The summed E-state index contributed by atoms with van der Waals surface area (Å²) in [6.45, 7) is 6.90. The molecule has 7 nitrogen and oxygen atoms in total. The molecule has 2 aliphatic rings. The summed E-state index contributed by atoms with van der Waals surface area (Å²) in [5.41, 5.74) is 6.16. The van der Waals surface area contributed by atoms with Gasteiger partial charge in [-0.2, -0.15) is 0 Å². The molecule has 0 radical (unpaired) electrons. The lowest BCUT2D eigenvalue weighted by Gasteiger charge is -2.33. The highest BCUT2D eigenvalue weighted by Gasteiger charge is 2.47. The smallest absolute Gasteiger partial charge is 0.322 e. The van der Waals surface area contributed by atoms with Gasteiger partial charge < -0.3 is 15.5 Å². The Morgan fingerprint density at radius 1 is 0.974 bits per heavy atom. The number of hydrogen-bond acceptors (Lipinski definition) is 3. The quantitative estimate of drug-likeness (QED) is 0.460. The minimum absolute atomic E-state index is 0.201. The first-order chi connectivity index (χ1) is 18.9. The molecule has 7 heteroatoms. The van der Waals surface area contributed by atoms with Crippen LogP contribution in [-0.2, 0) is 22.6 Å². The van der Waals surface area contributed by atoms with Crippen molar-refractivity contribution in [3.05, 3.63) is 118 Å². The first-order valence-corrected chi connectivity index (χ1v) is 13.4. The highest BCUT2D eigenvalue weighted by atomic mass is 16.2. The average molecular weight is 523 g/mol. The summed E-state index contributed by atoms with van der Waals surface area (Å²) in [5.74, 6) is -0.439. The number of hydrogen-bond donors (Lipinski definition) is 2. The van der Waals surface area contributed by atoms with Gasteiger partial charge in [0.25, 0.3) is 5.91 Å². The summed E-state index contributed by atoms with van der Waals surface area (Å²) in [6.07, 6.45) is 0.371. The Morgan fingerprint density at radius 3 is 2.28 bits per heavy atom. The molecule has 0 saturated carbocycles. The van der Waals surface area contributed by atoms with Crippen LogP contribution in [0.25, 0.3) is 0 Å². The van der Waals surface area contributed by atoms with E-state index in [1.54, 1.807) is 9.80 Å². The third-order valence-electron chi connectivity index (χ3n) is 7.56. The van der Waals surface area contributed by atoms with E-state index in [0.717, 1.165) is 27.8 Å². The molecule has 200 valence electrons. The van der Waals surface area contributed by atoms with Crippen molar-refractivity contribution in [1.29, 1.82) is 0 Å². The molecule has 0 bridgehead atoms. The molecule has 0 fully saturated rings. The van der Waals surface area contributed by atoms with Crippen LogP contribution in [0, 0.1) is 13.8 Å². The molecule has 4 amide bonds. The number of urea groups is 1. The van der Waals surface area contributed by atoms with Gasteiger partial charge in [-0.3, -0.25) is 14.5 Å². The van der Waals surface area contributed by atoms with Crippen molar-refractivity contribution in [2.45, 2.75) is 45.8 Å². The van der Waals surface area contributed by atoms with Crippen molar-refractivity contribution in [1.82, 2.24) is 20.4 Å². The Kier molecular flexibility index (Phi) is 7.50. The molecule has 0 aliphatic carbocycles. The van der Waals surface area contributed by atoms with Gasteiger partial charge in [-0.25, -0.2) is 4.79 Å². The fraction of sp³-hybridized carbons (Fsp3) is 0.281. The fourth-order valence-electron chi connectivity index (χ4n) is 5.57. The van der Waals surface area contributed by atoms with Crippen molar-refractivity contribution in [2.75, 3.05) is 13.1 Å². The van der Waals surface area contributed by atoms with E-state index in [0.29, 0.717) is 30.8 Å². The van der Waals surface area contributed by atoms with Gasteiger partial charge in [-0.15, -0.1) is 0 Å². The third kappa shape index (κ3) is 5.30. The fourth-order valence-corrected chi connectivity index (χ4v) is 5.57. The molecule has 2 N–H and O–H groups in total. The van der Waals surface area contributed by atoms with Crippen LogP contribution in [0.2, 0.25) is 0 Å². The van der Waals surface area contributed by atoms with Crippen LogP contribution in [0.4, 0.5) is 4.79 Å². The molecule has 3 aromatic rings. The lowest BCUT2D eigenvalue weighted by atomic mass is 9.91. The zero-order valence-electron chi connectivity index (χ0n) is 22.6. The molecule has 3 aromatic carbocycles. The predicted octanol–water partition coefficient (Wildman–Crippen LogP) is 4.41. The predicted molar refractivity (Wildman–Crippen MR) is 151 cm³/mol. The topological polar surface area (TPSA) is 81.8 Å². The Balaban J connectivity index is 1.49. The maximum absolute atomic E-state index is 14.2. The Morgan fingerprint density at radius 2 is 1.64 bits per heavy atom. The lowest BCUT2D eigenvalue weighted by Crippen LogP contribution is -2.49. The van der Waals surface area contributed by atoms with Gasteiger partial charge >= 0.3 is 6.03 Å². The second kappa shape index (κ2) is 11.2. The first kappa shape index (κ1) is 26.2. The number of amides is 4. The van der Waals surface area contributed by atoms with E-state index in [-0.39, 0.29) is 24.4 Å². The molecule has 0 spiro atoms.